The molecule has 8 aromatic carbocycles. The van der Waals surface area contributed by atoms with Crippen LogP contribution in [0.5, 0.6) is 0 Å². The van der Waals surface area contributed by atoms with Crippen molar-refractivity contribution in [1.29, 1.82) is 0 Å². The topological polar surface area (TPSA) is 18.9 Å². The van der Waals surface area contributed by atoms with Crippen molar-refractivity contribution in [2.45, 2.75) is 30.2 Å². The van der Waals surface area contributed by atoms with Crippen LogP contribution in [0.4, 0.5) is 0 Å². The number of hydrogen-bond acceptors (Lipinski definition) is 1. The van der Waals surface area contributed by atoms with E-state index in [1.165, 1.54) is 100 Å². The molecule has 2 heterocycles. The normalized spacial score (nSPS) is 16.2. The quantitative estimate of drug-likeness (QED) is 0.153. The number of rotatable bonds is 6. The monoisotopic (exact) mass is 831 g/mol. The van der Waals surface area contributed by atoms with Gasteiger partial charge in [-0.3, -0.25) is 4.98 Å². The molecule has 13 rings (SSSR count). The Morgan fingerprint density at radius 3 is 1.17 bits per heavy atom. The van der Waals surface area contributed by atoms with Crippen molar-refractivity contribution in [2.75, 3.05) is 7.05 Å². The van der Waals surface area contributed by atoms with Crippen LogP contribution in [0.1, 0.15) is 75.2 Å². The van der Waals surface area contributed by atoms with E-state index in [1.54, 1.807) is 0 Å². The van der Waals surface area contributed by atoms with E-state index in [-0.39, 0.29) is 0 Å². The van der Waals surface area contributed by atoms with Gasteiger partial charge in [-0.15, -0.1) is 0 Å². The second kappa shape index (κ2) is 13.8. The van der Waals surface area contributed by atoms with E-state index in [4.69, 9.17) is 4.98 Å². The SMILES string of the molecule is CC1=C(C)[N+](C2(c3cccc(C4(c5cccc(C6(c7ccccn7)c7ccccc7-c7ccccc76)c5)c5ccccc5-c5ccccc54)c3)c3ccccc3-c3ccccc32)=C=[N+]1C. The molecular formula is C62H45N3+2. The van der Waals surface area contributed by atoms with Crippen LogP contribution in [-0.2, 0) is 16.4 Å². The van der Waals surface area contributed by atoms with E-state index >= 15 is 0 Å². The van der Waals surface area contributed by atoms with Gasteiger partial charge in [0.25, 0.3) is 16.9 Å². The van der Waals surface area contributed by atoms with Crippen molar-refractivity contribution in [2.24, 2.45) is 0 Å². The molecule has 4 aliphatic rings. The van der Waals surface area contributed by atoms with E-state index in [9.17, 15) is 0 Å². The highest BCUT2D eigenvalue weighted by atomic mass is 15.2. The molecule has 3 heteroatoms. The average Bonchev–Trinajstić information content (AvgIpc) is 4.04. The number of aromatic nitrogens is 1. The molecule has 65 heavy (non-hydrogen) atoms. The Hall–Kier alpha value is -7.97. The summed E-state index contributed by atoms with van der Waals surface area (Å²) in [7, 11) is 2.11. The van der Waals surface area contributed by atoms with E-state index in [2.05, 4.69) is 242 Å². The van der Waals surface area contributed by atoms with Crippen LogP contribution in [0.2, 0.25) is 0 Å². The summed E-state index contributed by atoms with van der Waals surface area (Å²) >= 11 is 0. The largest absolute Gasteiger partial charge is 0.490 e. The van der Waals surface area contributed by atoms with E-state index in [1.807, 2.05) is 12.3 Å². The molecule has 9 aromatic rings. The highest BCUT2D eigenvalue weighted by Gasteiger charge is 2.59. The lowest BCUT2D eigenvalue weighted by Crippen LogP contribution is -2.39. The molecule has 306 valence electrons. The lowest BCUT2D eigenvalue weighted by molar-refractivity contribution is -0.548. The molecule has 3 aliphatic carbocycles. The number of hydrogen-bond donors (Lipinski definition) is 0. The van der Waals surface area contributed by atoms with Gasteiger partial charge in [-0.05, 0) is 90.5 Å². The number of benzene rings is 8. The molecule has 0 atom stereocenters. The Bertz CT molecular complexity index is 3450. The first-order valence-corrected chi connectivity index (χ1v) is 22.7. The van der Waals surface area contributed by atoms with Crippen molar-refractivity contribution in [3.63, 3.8) is 0 Å². The predicted molar refractivity (Wildman–Crippen MR) is 260 cm³/mol. The van der Waals surface area contributed by atoms with Crippen LogP contribution in [0, 0.1) is 0 Å². The zero-order valence-electron chi connectivity index (χ0n) is 36.6. The smallest absolute Gasteiger partial charge is 0.260 e. The molecule has 0 spiro atoms. The Morgan fingerprint density at radius 2 is 0.738 bits per heavy atom. The summed E-state index contributed by atoms with van der Waals surface area (Å²) < 4.78 is 4.57. The second-order valence-corrected chi connectivity index (χ2v) is 18.0. The van der Waals surface area contributed by atoms with E-state index in [0.29, 0.717) is 0 Å². The second-order valence-electron chi connectivity index (χ2n) is 18.0. The van der Waals surface area contributed by atoms with Gasteiger partial charge in [-0.2, -0.15) is 0 Å². The maximum absolute atomic E-state index is 5.22. The maximum atomic E-state index is 5.22. The summed E-state index contributed by atoms with van der Waals surface area (Å²) in [6.07, 6.45) is 1.95. The Balaban J connectivity index is 1.14. The average molecular weight is 832 g/mol. The minimum Gasteiger partial charge on any atom is -0.260 e. The summed E-state index contributed by atoms with van der Waals surface area (Å²) in [5, 5.41) is 0. The van der Waals surface area contributed by atoms with E-state index in [0.717, 1.165) is 5.69 Å². The van der Waals surface area contributed by atoms with Gasteiger partial charge in [0.05, 0.1) is 16.5 Å². The molecule has 0 radical (unpaired) electrons. The molecule has 0 saturated heterocycles. The summed E-state index contributed by atoms with van der Waals surface area (Å²) in [4.78, 5) is 5.22. The third-order valence-corrected chi connectivity index (χ3v) is 15.3. The number of fused-ring (bicyclic) bond motifs is 9. The molecule has 0 saturated carbocycles. The van der Waals surface area contributed by atoms with Crippen molar-refractivity contribution in [3.8, 4) is 33.4 Å². The Morgan fingerprint density at radius 1 is 0.369 bits per heavy atom. The van der Waals surface area contributed by atoms with Gasteiger partial charge in [-0.1, -0.05) is 203 Å². The summed E-state index contributed by atoms with van der Waals surface area (Å²) in [6.45, 7) is 4.45. The van der Waals surface area contributed by atoms with Crippen LogP contribution in [0.25, 0.3) is 33.4 Å². The molecule has 0 N–H and O–H groups in total. The van der Waals surface area contributed by atoms with Crippen LogP contribution in [0.3, 0.4) is 0 Å². The van der Waals surface area contributed by atoms with Crippen LogP contribution >= 0.6 is 0 Å². The first kappa shape index (κ1) is 37.6. The van der Waals surface area contributed by atoms with Crippen molar-refractivity contribution >= 4 is 6.01 Å². The summed E-state index contributed by atoms with van der Waals surface area (Å²) in [5.74, 6) is 0. The molecule has 0 fully saturated rings. The molecular weight excluding hydrogens is 787 g/mol. The van der Waals surface area contributed by atoms with Gasteiger partial charge in [0.15, 0.2) is 7.05 Å². The van der Waals surface area contributed by atoms with Gasteiger partial charge in [-0.25, -0.2) is 0 Å². The van der Waals surface area contributed by atoms with Gasteiger partial charge < -0.3 is 0 Å². The fourth-order valence-electron chi connectivity index (χ4n) is 12.5. The molecule has 0 amide bonds. The Labute approximate surface area is 380 Å². The number of pyridine rings is 1. The predicted octanol–water partition coefficient (Wildman–Crippen LogP) is 13.2. The van der Waals surface area contributed by atoms with Crippen LogP contribution in [0.15, 0.2) is 230 Å². The van der Waals surface area contributed by atoms with Gasteiger partial charge in [0.2, 0.25) is 0 Å². The highest BCUT2D eigenvalue weighted by Crippen LogP contribution is 2.61. The molecule has 1 aliphatic heterocycles. The number of allylic oxidation sites excluding steroid dienone is 2. The summed E-state index contributed by atoms with van der Waals surface area (Å²) in [6, 6.07) is 83.3. The third-order valence-electron chi connectivity index (χ3n) is 15.3. The lowest BCUT2D eigenvalue weighted by atomic mass is 9.64. The Kier molecular flexibility index (Phi) is 7.96. The van der Waals surface area contributed by atoms with E-state index < -0.39 is 16.4 Å². The molecule has 0 unspecified atom stereocenters. The fraction of sp³-hybridized carbons (Fsp3) is 0.0968. The van der Waals surface area contributed by atoms with Gasteiger partial charge in [0, 0.05) is 36.7 Å². The zero-order valence-corrected chi connectivity index (χ0v) is 36.6. The van der Waals surface area contributed by atoms with Crippen molar-refractivity contribution in [3.05, 3.63) is 291 Å². The standard InChI is InChI=1S/C62H45N3/c1-41-42(2)65(40-64(41)3)62(57-34-14-8-28-51(57)52-29-9-15-35-58(52)62)46-23-19-21-44(39-46)60(53-30-10-4-24-47(53)48-25-5-11-31-54(48)60)43-20-18-22-45(38-43)61(59-36-16-17-37-63-59)55-32-12-6-26-49(55)50-27-7-13-33-56(50)61/h4-39H,1-3H3/q+2. The van der Waals surface area contributed by atoms with Gasteiger partial charge in [0.1, 0.15) is 0 Å². The minimum atomic E-state index is -0.694. The number of nitrogens with zero attached hydrogens (tertiary/aromatic N) is 3. The van der Waals surface area contributed by atoms with Crippen LogP contribution in [-0.4, -0.2) is 27.2 Å². The molecule has 1 aromatic heterocycles. The van der Waals surface area contributed by atoms with Gasteiger partial charge >= 0.3 is 6.01 Å². The lowest BCUT2D eigenvalue weighted by Gasteiger charge is -2.37. The van der Waals surface area contributed by atoms with Crippen molar-refractivity contribution in [1.82, 2.24) is 4.98 Å². The first-order valence-electron chi connectivity index (χ1n) is 22.7. The fourth-order valence-corrected chi connectivity index (χ4v) is 12.5. The highest BCUT2D eigenvalue weighted by molar-refractivity contribution is 5.89. The maximum Gasteiger partial charge on any atom is 0.490 e. The summed E-state index contributed by atoms with van der Waals surface area (Å²) in [5.41, 5.74) is 21.3. The van der Waals surface area contributed by atoms with Crippen LogP contribution < -0.4 is 0 Å². The first-order chi connectivity index (χ1) is 32.0. The zero-order chi connectivity index (χ0) is 43.5. The van der Waals surface area contributed by atoms with Crippen molar-refractivity contribution < 1.29 is 9.15 Å². The molecule has 0 bridgehead atoms. The third kappa shape index (κ3) is 4.73. The minimum absolute atomic E-state index is 0.651. The molecule has 3 nitrogen and oxygen atoms in total.